The lowest BCUT2D eigenvalue weighted by Gasteiger charge is -2.12. The smallest absolute Gasteiger partial charge is 0.253 e. The lowest BCUT2D eigenvalue weighted by atomic mass is 10.2. The molecule has 0 radical (unpaired) electrons. The zero-order valence-corrected chi connectivity index (χ0v) is 14.0. The molecule has 0 saturated heterocycles. The monoisotopic (exact) mass is 333 g/mol. The highest BCUT2D eigenvalue weighted by Crippen LogP contribution is 2.10. The maximum absolute atomic E-state index is 12.2. The van der Waals surface area contributed by atoms with Crippen molar-refractivity contribution < 1.29 is 4.79 Å². The van der Waals surface area contributed by atoms with Crippen LogP contribution in [0, 0.1) is 0 Å². The van der Waals surface area contributed by atoms with Crippen molar-refractivity contribution in [1.82, 2.24) is 14.8 Å². The molecule has 1 heterocycles. The number of amides is 1. The zero-order chi connectivity index (χ0) is 16.8. The third-order valence-corrected chi connectivity index (χ3v) is 3.61. The topological polar surface area (TPSA) is 54.3 Å². The Morgan fingerprint density at radius 1 is 1.26 bits per heavy atom. The van der Waals surface area contributed by atoms with Gasteiger partial charge in [-0.1, -0.05) is 23.7 Å². The maximum atomic E-state index is 12.2. The summed E-state index contributed by atoms with van der Waals surface area (Å²) in [6.45, 7) is 1.66. The molecule has 0 aliphatic heterocycles. The van der Waals surface area contributed by atoms with Crippen LogP contribution in [0.2, 0.25) is 5.02 Å². The molecule has 1 aromatic heterocycles. The van der Waals surface area contributed by atoms with Crippen molar-refractivity contribution in [2.24, 2.45) is 0 Å². The van der Waals surface area contributed by atoms with Crippen LogP contribution in [0.1, 0.15) is 15.9 Å². The summed E-state index contributed by atoms with van der Waals surface area (Å²) in [4.78, 5) is 26.0. The third-order valence-electron chi connectivity index (χ3n) is 3.38. The molecule has 5 nitrogen and oxygen atoms in total. The van der Waals surface area contributed by atoms with Crippen LogP contribution in [0.15, 0.2) is 47.4 Å². The van der Waals surface area contributed by atoms with Gasteiger partial charge < -0.3 is 14.8 Å². The summed E-state index contributed by atoms with van der Waals surface area (Å²) in [7, 11) is 3.87. The fourth-order valence-corrected chi connectivity index (χ4v) is 2.29. The van der Waals surface area contributed by atoms with Crippen molar-refractivity contribution in [3.05, 3.63) is 69.1 Å². The summed E-state index contributed by atoms with van der Waals surface area (Å²) in [6, 6.07) is 10.3. The van der Waals surface area contributed by atoms with Crippen LogP contribution in [0.3, 0.4) is 0 Å². The van der Waals surface area contributed by atoms with Gasteiger partial charge in [0.1, 0.15) is 0 Å². The maximum Gasteiger partial charge on any atom is 0.253 e. The number of aromatic nitrogens is 1. The van der Waals surface area contributed by atoms with E-state index in [1.54, 1.807) is 29.0 Å². The van der Waals surface area contributed by atoms with E-state index in [1.807, 2.05) is 31.1 Å². The van der Waals surface area contributed by atoms with Crippen molar-refractivity contribution in [3.8, 4) is 0 Å². The van der Waals surface area contributed by atoms with Crippen LogP contribution < -0.4 is 10.9 Å². The first-order chi connectivity index (χ1) is 11.0. The van der Waals surface area contributed by atoms with Crippen molar-refractivity contribution in [2.45, 2.75) is 13.1 Å². The van der Waals surface area contributed by atoms with E-state index in [4.69, 9.17) is 11.6 Å². The zero-order valence-electron chi connectivity index (χ0n) is 13.3. The SMILES string of the molecule is CN(C)CCn1cc(C(=O)NCc2cccc(Cl)c2)ccc1=O. The Labute approximate surface area is 140 Å². The number of hydrogen-bond acceptors (Lipinski definition) is 3. The molecule has 0 aliphatic rings. The number of halogens is 1. The first-order valence-corrected chi connectivity index (χ1v) is 7.71. The first kappa shape index (κ1) is 17.2. The molecule has 0 spiro atoms. The fourth-order valence-electron chi connectivity index (χ4n) is 2.08. The normalized spacial score (nSPS) is 10.8. The highest BCUT2D eigenvalue weighted by Gasteiger charge is 2.08. The highest BCUT2D eigenvalue weighted by molar-refractivity contribution is 6.30. The second kappa shape index (κ2) is 7.94. The largest absolute Gasteiger partial charge is 0.348 e. The second-order valence-corrected chi connectivity index (χ2v) is 6.00. The van der Waals surface area contributed by atoms with Gasteiger partial charge in [-0.2, -0.15) is 0 Å². The molecule has 0 aliphatic carbocycles. The molecule has 122 valence electrons. The Morgan fingerprint density at radius 3 is 2.74 bits per heavy atom. The van der Waals surface area contributed by atoms with Gasteiger partial charge in [0.15, 0.2) is 0 Å². The van der Waals surface area contributed by atoms with Crippen LogP contribution in [0.5, 0.6) is 0 Å². The quantitative estimate of drug-likeness (QED) is 0.879. The molecule has 1 N–H and O–H groups in total. The molecule has 0 atom stereocenters. The molecule has 1 aromatic carbocycles. The molecule has 0 bridgehead atoms. The van der Waals surface area contributed by atoms with E-state index in [-0.39, 0.29) is 11.5 Å². The highest BCUT2D eigenvalue weighted by atomic mass is 35.5. The second-order valence-electron chi connectivity index (χ2n) is 5.57. The van der Waals surface area contributed by atoms with Crippen LogP contribution in [-0.2, 0) is 13.1 Å². The number of likely N-dealkylation sites (N-methyl/N-ethyl adjacent to an activating group) is 1. The summed E-state index contributed by atoms with van der Waals surface area (Å²) >= 11 is 5.92. The number of pyridine rings is 1. The molecule has 0 fully saturated rings. The molecule has 1 amide bonds. The van der Waals surface area contributed by atoms with Crippen LogP contribution in [-0.4, -0.2) is 36.0 Å². The standard InChI is InChI=1S/C17H20ClN3O2/c1-20(2)8-9-21-12-14(6-7-16(21)22)17(23)19-11-13-4-3-5-15(18)10-13/h3-7,10,12H,8-9,11H2,1-2H3,(H,19,23). The van der Waals surface area contributed by atoms with Gasteiger partial charge in [-0.15, -0.1) is 0 Å². The average molecular weight is 334 g/mol. The number of benzene rings is 1. The number of nitrogens with one attached hydrogen (secondary N) is 1. The van der Waals surface area contributed by atoms with Gasteiger partial charge in [0.25, 0.3) is 11.5 Å². The van der Waals surface area contributed by atoms with Crippen molar-refractivity contribution in [1.29, 1.82) is 0 Å². The Hall–Kier alpha value is -2.11. The molecule has 2 rings (SSSR count). The number of hydrogen-bond donors (Lipinski definition) is 1. The van der Waals surface area contributed by atoms with Crippen LogP contribution in [0.25, 0.3) is 0 Å². The minimum atomic E-state index is -0.219. The summed E-state index contributed by atoms with van der Waals surface area (Å²) in [5, 5.41) is 3.46. The van der Waals surface area contributed by atoms with Gasteiger partial charge in [0.2, 0.25) is 0 Å². The number of rotatable bonds is 6. The van der Waals surface area contributed by atoms with Crippen molar-refractivity contribution in [3.63, 3.8) is 0 Å². The van der Waals surface area contributed by atoms with E-state index in [2.05, 4.69) is 5.32 Å². The number of carbonyl (C=O) groups is 1. The van der Waals surface area contributed by atoms with E-state index in [1.165, 1.54) is 6.07 Å². The third kappa shape index (κ3) is 5.23. The van der Waals surface area contributed by atoms with Gasteiger partial charge in [-0.3, -0.25) is 9.59 Å². The van der Waals surface area contributed by atoms with E-state index >= 15 is 0 Å². The number of nitrogens with zero attached hydrogens (tertiary/aromatic N) is 2. The van der Waals surface area contributed by atoms with E-state index in [0.717, 1.165) is 12.1 Å². The Morgan fingerprint density at radius 2 is 2.04 bits per heavy atom. The average Bonchev–Trinajstić information content (AvgIpc) is 2.51. The van der Waals surface area contributed by atoms with Crippen LogP contribution >= 0.6 is 11.6 Å². The van der Waals surface area contributed by atoms with Gasteiger partial charge in [0, 0.05) is 36.9 Å². The van der Waals surface area contributed by atoms with Gasteiger partial charge in [-0.05, 0) is 37.9 Å². The van der Waals surface area contributed by atoms with Gasteiger partial charge >= 0.3 is 0 Å². The summed E-state index contributed by atoms with van der Waals surface area (Å²) in [5.74, 6) is -0.219. The van der Waals surface area contributed by atoms with Crippen molar-refractivity contribution >= 4 is 17.5 Å². The Balaban J connectivity index is 2.04. The Kier molecular flexibility index (Phi) is 5.96. The molecule has 23 heavy (non-hydrogen) atoms. The summed E-state index contributed by atoms with van der Waals surface area (Å²) < 4.78 is 1.55. The minimum absolute atomic E-state index is 0.113. The van der Waals surface area contributed by atoms with Crippen molar-refractivity contribution in [2.75, 3.05) is 20.6 Å². The van der Waals surface area contributed by atoms with E-state index < -0.39 is 0 Å². The molecule has 0 unspecified atom stereocenters. The summed E-state index contributed by atoms with van der Waals surface area (Å²) in [5.41, 5.74) is 1.27. The van der Waals surface area contributed by atoms with E-state index in [0.29, 0.717) is 23.7 Å². The van der Waals surface area contributed by atoms with Gasteiger partial charge in [0.05, 0.1) is 5.56 Å². The lowest BCUT2D eigenvalue weighted by molar-refractivity contribution is 0.0950. The fraction of sp³-hybridized carbons (Fsp3) is 0.294. The Bertz CT molecular complexity index is 741. The molecule has 0 saturated carbocycles. The van der Waals surface area contributed by atoms with E-state index in [9.17, 15) is 9.59 Å². The molecule has 6 heteroatoms. The predicted octanol–water partition coefficient (Wildman–Crippen LogP) is 1.99. The molecule has 2 aromatic rings. The molecular weight excluding hydrogens is 314 g/mol. The predicted molar refractivity (Wildman–Crippen MR) is 91.9 cm³/mol. The molecular formula is C17H20ClN3O2. The lowest BCUT2D eigenvalue weighted by Crippen LogP contribution is -2.29. The minimum Gasteiger partial charge on any atom is -0.348 e. The summed E-state index contributed by atoms with van der Waals surface area (Å²) in [6.07, 6.45) is 1.60. The number of carbonyl (C=O) groups excluding carboxylic acids is 1. The van der Waals surface area contributed by atoms with Crippen LogP contribution in [0.4, 0.5) is 0 Å². The van der Waals surface area contributed by atoms with Gasteiger partial charge in [-0.25, -0.2) is 0 Å². The first-order valence-electron chi connectivity index (χ1n) is 7.33.